The molecule has 2 aromatic carbocycles. The first-order valence-electron chi connectivity index (χ1n) is 8.19. The Balaban J connectivity index is 1.70. The van der Waals surface area contributed by atoms with Crippen LogP contribution in [0.4, 0.5) is 5.69 Å². The van der Waals surface area contributed by atoms with Crippen LogP contribution in [0.3, 0.4) is 0 Å². The minimum Gasteiger partial charge on any atom is -0.494 e. The number of para-hydroxylation sites is 3. The van der Waals surface area contributed by atoms with E-state index >= 15 is 0 Å². The summed E-state index contributed by atoms with van der Waals surface area (Å²) in [6.45, 7) is 2.94. The van der Waals surface area contributed by atoms with Gasteiger partial charge in [0.15, 0.2) is 5.11 Å². The van der Waals surface area contributed by atoms with Gasteiger partial charge >= 0.3 is 0 Å². The minimum atomic E-state index is -0.150. The number of nitrogens with one attached hydrogen (secondary N) is 2. The third-order valence-corrected chi connectivity index (χ3v) is 3.45. The van der Waals surface area contributed by atoms with Crippen molar-refractivity contribution in [2.45, 2.75) is 19.8 Å². The molecule has 2 rings (SSSR count). The number of ether oxygens (including phenoxy) is 2. The van der Waals surface area contributed by atoms with Gasteiger partial charge in [-0.2, -0.15) is 0 Å². The third kappa shape index (κ3) is 6.81. The van der Waals surface area contributed by atoms with E-state index in [1.54, 1.807) is 0 Å². The molecule has 0 fully saturated rings. The molecule has 2 aromatic rings. The van der Waals surface area contributed by atoms with Gasteiger partial charge in [0.25, 0.3) is 0 Å². The zero-order chi connectivity index (χ0) is 17.9. The maximum Gasteiger partial charge on any atom is 0.226 e. The second-order valence-corrected chi connectivity index (χ2v) is 5.60. The number of benzene rings is 2. The molecule has 5 nitrogen and oxygen atoms in total. The van der Waals surface area contributed by atoms with Crippen LogP contribution in [-0.2, 0) is 4.79 Å². The van der Waals surface area contributed by atoms with E-state index in [1.165, 1.54) is 0 Å². The van der Waals surface area contributed by atoms with Gasteiger partial charge in [0.2, 0.25) is 5.91 Å². The topological polar surface area (TPSA) is 59.6 Å². The number of amides is 1. The fourth-order valence-corrected chi connectivity index (χ4v) is 2.36. The Morgan fingerprint density at radius 3 is 2.52 bits per heavy atom. The monoisotopic (exact) mass is 358 g/mol. The minimum absolute atomic E-state index is 0.150. The molecule has 0 spiro atoms. The highest BCUT2D eigenvalue weighted by atomic mass is 32.1. The fourth-order valence-electron chi connectivity index (χ4n) is 2.13. The number of hydrogen-bond acceptors (Lipinski definition) is 4. The van der Waals surface area contributed by atoms with E-state index < -0.39 is 0 Å². The summed E-state index contributed by atoms with van der Waals surface area (Å²) in [7, 11) is 0. The van der Waals surface area contributed by atoms with Crippen LogP contribution in [-0.4, -0.2) is 24.2 Å². The van der Waals surface area contributed by atoms with Crippen LogP contribution in [0.25, 0.3) is 0 Å². The summed E-state index contributed by atoms with van der Waals surface area (Å²) in [5.74, 6) is 1.34. The van der Waals surface area contributed by atoms with Crippen molar-refractivity contribution in [1.82, 2.24) is 5.32 Å². The Bertz CT molecular complexity index is 692. The highest BCUT2D eigenvalue weighted by Gasteiger charge is 2.08. The van der Waals surface area contributed by atoms with Crippen molar-refractivity contribution in [2.24, 2.45) is 0 Å². The molecule has 0 saturated heterocycles. The fraction of sp³-hybridized carbons (Fsp3) is 0.263. The first-order chi connectivity index (χ1) is 12.2. The summed E-state index contributed by atoms with van der Waals surface area (Å²) in [6, 6.07) is 17.0. The SMILES string of the molecule is CCOc1ccccc1NC(=S)NC(=O)CCCOc1ccccc1. The van der Waals surface area contributed by atoms with Crippen LogP contribution in [0.2, 0.25) is 0 Å². The number of rotatable bonds is 8. The van der Waals surface area contributed by atoms with Gasteiger partial charge < -0.3 is 20.1 Å². The summed E-state index contributed by atoms with van der Waals surface area (Å²) in [4.78, 5) is 11.9. The number of carbonyl (C=O) groups excluding carboxylic acids is 1. The molecule has 0 aliphatic heterocycles. The molecule has 2 N–H and O–H groups in total. The maximum absolute atomic E-state index is 11.9. The van der Waals surface area contributed by atoms with E-state index in [0.29, 0.717) is 31.8 Å². The zero-order valence-electron chi connectivity index (χ0n) is 14.2. The van der Waals surface area contributed by atoms with Crippen molar-refractivity contribution in [3.63, 3.8) is 0 Å². The predicted octanol–water partition coefficient (Wildman–Crippen LogP) is 3.76. The van der Waals surface area contributed by atoms with Crippen LogP contribution in [0.5, 0.6) is 11.5 Å². The molecule has 0 saturated carbocycles. The normalized spacial score (nSPS) is 9.96. The molecule has 6 heteroatoms. The van der Waals surface area contributed by atoms with E-state index in [9.17, 15) is 4.79 Å². The molecular weight excluding hydrogens is 336 g/mol. The first kappa shape index (κ1) is 18.7. The largest absolute Gasteiger partial charge is 0.494 e. The van der Waals surface area contributed by atoms with E-state index in [4.69, 9.17) is 21.7 Å². The Labute approximate surface area is 153 Å². The zero-order valence-corrected chi connectivity index (χ0v) is 15.0. The summed E-state index contributed by atoms with van der Waals surface area (Å²) in [6.07, 6.45) is 0.945. The van der Waals surface area contributed by atoms with Gasteiger partial charge in [0, 0.05) is 6.42 Å². The van der Waals surface area contributed by atoms with Crippen molar-refractivity contribution < 1.29 is 14.3 Å². The van der Waals surface area contributed by atoms with Crippen LogP contribution < -0.4 is 20.1 Å². The maximum atomic E-state index is 11.9. The second kappa shape index (κ2) is 10.3. The lowest BCUT2D eigenvalue weighted by Crippen LogP contribution is -2.34. The van der Waals surface area contributed by atoms with Crippen LogP contribution >= 0.6 is 12.2 Å². The van der Waals surface area contributed by atoms with Gasteiger partial charge in [0.05, 0.1) is 18.9 Å². The first-order valence-corrected chi connectivity index (χ1v) is 8.60. The van der Waals surface area contributed by atoms with Crippen LogP contribution in [0, 0.1) is 0 Å². The third-order valence-electron chi connectivity index (χ3n) is 3.25. The molecule has 0 aliphatic carbocycles. The average molecular weight is 358 g/mol. The number of carbonyl (C=O) groups is 1. The van der Waals surface area contributed by atoms with Gasteiger partial charge in [-0.05, 0) is 49.8 Å². The van der Waals surface area contributed by atoms with Crippen LogP contribution in [0.1, 0.15) is 19.8 Å². The van der Waals surface area contributed by atoms with Crippen LogP contribution in [0.15, 0.2) is 54.6 Å². The van der Waals surface area contributed by atoms with E-state index in [0.717, 1.165) is 11.4 Å². The van der Waals surface area contributed by atoms with E-state index in [1.807, 2.05) is 61.5 Å². The molecular formula is C19H22N2O3S. The Hall–Kier alpha value is -2.60. The molecule has 1 amide bonds. The van der Waals surface area contributed by atoms with Crippen molar-refractivity contribution >= 4 is 28.9 Å². The van der Waals surface area contributed by atoms with Crippen molar-refractivity contribution in [1.29, 1.82) is 0 Å². The molecule has 132 valence electrons. The smallest absolute Gasteiger partial charge is 0.226 e. The lowest BCUT2D eigenvalue weighted by atomic mass is 10.3. The van der Waals surface area contributed by atoms with Gasteiger partial charge in [-0.3, -0.25) is 4.79 Å². The van der Waals surface area contributed by atoms with Crippen molar-refractivity contribution in [3.8, 4) is 11.5 Å². The summed E-state index contributed by atoms with van der Waals surface area (Å²) >= 11 is 5.18. The summed E-state index contributed by atoms with van der Waals surface area (Å²) in [5, 5.41) is 5.90. The summed E-state index contributed by atoms with van der Waals surface area (Å²) in [5.41, 5.74) is 0.724. The number of anilines is 1. The lowest BCUT2D eigenvalue weighted by molar-refractivity contribution is -0.119. The Morgan fingerprint density at radius 1 is 1.04 bits per heavy atom. The number of hydrogen-bond donors (Lipinski definition) is 2. The molecule has 0 unspecified atom stereocenters. The molecule has 0 heterocycles. The van der Waals surface area contributed by atoms with Gasteiger partial charge in [0.1, 0.15) is 11.5 Å². The highest BCUT2D eigenvalue weighted by Crippen LogP contribution is 2.23. The second-order valence-electron chi connectivity index (χ2n) is 5.20. The van der Waals surface area contributed by atoms with Crippen molar-refractivity contribution in [3.05, 3.63) is 54.6 Å². The van der Waals surface area contributed by atoms with Gasteiger partial charge in [-0.25, -0.2) is 0 Å². The molecule has 0 aliphatic rings. The van der Waals surface area contributed by atoms with Gasteiger partial charge in [-0.1, -0.05) is 30.3 Å². The standard InChI is InChI=1S/C19H22N2O3S/c1-2-23-17-12-7-6-11-16(17)20-19(25)21-18(22)13-8-14-24-15-9-4-3-5-10-15/h3-7,9-12H,2,8,13-14H2,1H3,(H2,20,21,22,25). The summed E-state index contributed by atoms with van der Waals surface area (Å²) < 4.78 is 11.1. The molecule has 25 heavy (non-hydrogen) atoms. The van der Waals surface area contributed by atoms with Crippen molar-refractivity contribution in [2.75, 3.05) is 18.5 Å². The molecule has 0 bridgehead atoms. The van der Waals surface area contributed by atoms with E-state index in [-0.39, 0.29) is 11.0 Å². The predicted molar refractivity (Wildman–Crippen MR) is 103 cm³/mol. The Morgan fingerprint density at radius 2 is 1.76 bits per heavy atom. The molecule has 0 atom stereocenters. The quantitative estimate of drug-likeness (QED) is 0.556. The Kier molecular flexibility index (Phi) is 7.72. The number of thiocarbonyl (C=S) groups is 1. The highest BCUT2D eigenvalue weighted by molar-refractivity contribution is 7.80. The molecule has 0 radical (unpaired) electrons. The van der Waals surface area contributed by atoms with E-state index in [2.05, 4.69) is 10.6 Å². The average Bonchev–Trinajstić information content (AvgIpc) is 2.61. The molecule has 0 aromatic heterocycles. The van der Waals surface area contributed by atoms with Gasteiger partial charge in [-0.15, -0.1) is 0 Å². The lowest BCUT2D eigenvalue weighted by Gasteiger charge is -2.13.